The second kappa shape index (κ2) is 8.96. The van der Waals surface area contributed by atoms with E-state index in [0.717, 1.165) is 5.56 Å². The van der Waals surface area contributed by atoms with Crippen molar-refractivity contribution < 1.29 is 14.5 Å². The molecule has 0 atom stereocenters. The van der Waals surface area contributed by atoms with Gasteiger partial charge in [-0.05, 0) is 30.3 Å². The van der Waals surface area contributed by atoms with Gasteiger partial charge in [0.1, 0.15) is 16.5 Å². The summed E-state index contributed by atoms with van der Waals surface area (Å²) in [6.07, 6.45) is 0. The number of rotatable bonds is 7. The molecule has 0 radical (unpaired) electrons. The van der Waals surface area contributed by atoms with E-state index in [4.69, 9.17) is 4.74 Å². The second-order valence-corrected chi connectivity index (χ2v) is 6.56. The van der Waals surface area contributed by atoms with E-state index in [-0.39, 0.29) is 23.0 Å². The number of nitrogens with one attached hydrogen (secondary N) is 1. The van der Waals surface area contributed by atoms with Crippen molar-refractivity contribution in [1.82, 2.24) is 10.2 Å². The number of hydrogen-bond donors (Lipinski definition) is 1. The smallest absolute Gasteiger partial charge is 0.292 e. The van der Waals surface area contributed by atoms with Crippen molar-refractivity contribution in [3.63, 3.8) is 0 Å². The summed E-state index contributed by atoms with van der Waals surface area (Å²) < 4.78 is 5.32. The molecule has 0 fully saturated rings. The summed E-state index contributed by atoms with van der Waals surface area (Å²) in [7, 11) is 1.59. The second-order valence-electron chi connectivity index (χ2n) is 5.57. The molecule has 142 valence electrons. The number of ether oxygens (including phenoxy) is 1. The fourth-order valence-corrected chi connectivity index (χ4v) is 3.08. The first-order valence-corrected chi connectivity index (χ1v) is 9.20. The molecule has 1 N–H and O–H groups in total. The quantitative estimate of drug-likeness (QED) is 0.368. The van der Waals surface area contributed by atoms with Crippen molar-refractivity contribution in [2.45, 2.75) is 5.03 Å². The van der Waals surface area contributed by atoms with Crippen LogP contribution in [0.1, 0.15) is 0 Å². The number of thioether (sulfide) groups is 1. The first kappa shape index (κ1) is 19.3. The lowest BCUT2D eigenvalue weighted by molar-refractivity contribution is -0.383. The van der Waals surface area contributed by atoms with Gasteiger partial charge in [0.05, 0.1) is 23.5 Å². The van der Waals surface area contributed by atoms with Crippen molar-refractivity contribution in [1.29, 1.82) is 0 Å². The van der Waals surface area contributed by atoms with Gasteiger partial charge in [0.2, 0.25) is 5.91 Å². The summed E-state index contributed by atoms with van der Waals surface area (Å²) >= 11 is 1.19. The zero-order valence-corrected chi connectivity index (χ0v) is 15.7. The Bertz CT molecular complexity index is 995. The highest BCUT2D eigenvalue weighted by molar-refractivity contribution is 7.99. The van der Waals surface area contributed by atoms with E-state index in [1.807, 2.05) is 24.3 Å². The van der Waals surface area contributed by atoms with E-state index in [2.05, 4.69) is 15.5 Å². The van der Waals surface area contributed by atoms with Crippen LogP contribution in [0.2, 0.25) is 0 Å². The van der Waals surface area contributed by atoms with Crippen LogP contribution < -0.4 is 10.1 Å². The topological polar surface area (TPSA) is 107 Å². The lowest BCUT2D eigenvalue weighted by Gasteiger charge is -2.07. The molecule has 1 heterocycles. The van der Waals surface area contributed by atoms with Crippen molar-refractivity contribution in [3.05, 3.63) is 70.8 Å². The van der Waals surface area contributed by atoms with Gasteiger partial charge >= 0.3 is 0 Å². The summed E-state index contributed by atoms with van der Waals surface area (Å²) in [5.74, 6) is 0.380. The highest BCUT2D eigenvalue weighted by Crippen LogP contribution is 2.28. The highest BCUT2D eigenvalue weighted by Gasteiger charge is 2.15. The number of methoxy groups -OCH3 is 1. The Balaban J connectivity index is 1.62. The Hall–Kier alpha value is -3.46. The zero-order valence-electron chi connectivity index (χ0n) is 14.9. The van der Waals surface area contributed by atoms with Crippen LogP contribution in [-0.2, 0) is 4.79 Å². The standard InChI is InChI=1S/C19H16N4O4S/c1-27-17-9-5-2-6-13(17)14-10-11-19(22-21-14)28-12-18(24)20-15-7-3-4-8-16(15)23(25)26/h2-11H,12H2,1H3,(H,20,24). The molecule has 3 rings (SSSR count). The average Bonchev–Trinajstić information content (AvgIpc) is 2.73. The molecule has 0 unspecified atom stereocenters. The molecule has 3 aromatic rings. The largest absolute Gasteiger partial charge is 0.496 e. The van der Waals surface area contributed by atoms with Gasteiger partial charge < -0.3 is 10.1 Å². The Labute approximate surface area is 165 Å². The molecule has 0 saturated heterocycles. The van der Waals surface area contributed by atoms with Gasteiger partial charge in [0, 0.05) is 11.6 Å². The van der Waals surface area contributed by atoms with Crippen molar-refractivity contribution in [2.24, 2.45) is 0 Å². The van der Waals surface area contributed by atoms with Crippen LogP contribution in [0.25, 0.3) is 11.3 Å². The number of nitro benzene ring substituents is 1. The van der Waals surface area contributed by atoms with E-state index < -0.39 is 4.92 Å². The molecule has 9 heteroatoms. The number of carbonyl (C=O) groups is 1. The van der Waals surface area contributed by atoms with Crippen LogP contribution in [0, 0.1) is 10.1 Å². The number of amides is 1. The predicted octanol–water partition coefficient (Wildman–Crippen LogP) is 3.79. The van der Waals surface area contributed by atoms with Crippen molar-refractivity contribution in [3.8, 4) is 17.0 Å². The molecule has 1 aromatic heterocycles. The Morgan fingerprint density at radius 3 is 2.57 bits per heavy atom. The van der Waals surface area contributed by atoms with Crippen molar-refractivity contribution in [2.75, 3.05) is 18.2 Å². The van der Waals surface area contributed by atoms with Crippen LogP contribution in [-0.4, -0.2) is 33.9 Å². The number of nitrogens with zero attached hydrogens (tertiary/aromatic N) is 3. The van der Waals surface area contributed by atoms with Gasteiger partial charge in [-0.25, -0.2) is 0 Å². The first-order valence-electron chi connectivity index (χ1n) is 8.21. The maximum atomic E-state index is 12.1. The molecule has 0 spiro atoms. The fraction of sp³-hybridized carbons (Fsp3) is 0.105. The lowest BCUT2D eigenvalue weighted by Crippen LogP contribution is -2.15. The number of aromatic nitrogens is 2. The zero-order chi connectivity index (χ0) is 19.9. The minimum atomic E-state index is -0.537. The van der Waals surface area contributed by atoms with Crippen LogP contribution in [0.4, 0.5) is 11.4 Å². The number of carbonyl (C=O) groups excluding carboxylic acids is 1. The predicted molar refractivity (Wildman–Crippen MR) is 106 cm³/mol. The molecule has 8 nitrogen and oxygen atoms in total. The van der Waals surface area contributed by atoms with E-state index in [0.29, 0.717) is 16.5 Å². The molecular weight excluding hydrogens is 380 g/mol. The molecule has 0 bridgehead atoms. The molecule has 1 amide bonds. The van der Waals surface area contributed by atoms with Gasteiger partial charge in [-0.1, -0.05) is 36.0 Å². The molecule has 0 saturated carbocycles. The minimum absolute atomic E-state index is 0.0503. The maximum absolute atomic E-state index is 12.1. The Morgan fingerprint density at radius 2 is 1.86 bits per heavy atom. The normalized spacial score (nSPS) is 10.3. The summed E-state index contributed by atoms with van der Waals surface area (Å²) in [6, 6.07) is 17.0. The van der Waals surface area contributed by atoms with Gasteiger partial charge in [0.15, 0.2) is 0 Å². The van der Waals surface area contributed by atoms with Gasteiger partial charge in [-0.3, -0.25) is 14.9 Å². The van der Waals surface area contributed by atoms with E-state index in [1.54, 1.807) is 31.4 Å². The number of benzene rings is 2. The van der Waals surface area contributed by atoms with Crippen LogP contribution in [0.3, 0.4) is 0 Å². The molecule has 0 aliphatic heterocycles. The minimum Gasteiger partial charge on any atom is -0.496 e. The third-order valence-corrected chi connectivity index (χ3v) is 4.67. The van der Waals surface area contributed by atoms with Crippen LogP contribution >= 0.6 is 11.8 Å². The maximum Gasteiger partial charge on any atom is 0.292 e. The number of nitro groups is 1. The third-order valence-electron chi connectivity index (χ3n) is 3.75. The summed E-state index contributed by atoms with van der Waals surface area (Å²) in [5, 5.41) is 22.4. The van der Waals surface area contributed by atoms with E-state index >= 15 is 0 Å². The molecule has 2 aromatic carbocycles. The summed E-state index contributed by atoms with van der Waals surface area (Å²) in [6.45, 7) is 0. The van der Waals surface area contributed by atoms with Crippen molar-refractivity contribution >= 4 is 29.0 Å². The third kappa shape index (κ3) is 4.63. The molecule has 28 heavy (non-hydrogen) atoms. The summed E-state index contributed by atoms with van der Waals surface area (Å²) in [5.41, 5.74) is 1.49. The first-order chi connectivity index (χ1) is 13.6. The molecule has 0 aliphatic carbocycles. The van der Waals surface area contributed by atoms with Gasteiger partial charge in [-0.15, -0.1) is 10.2 Å². The molecular formula is C19H16N4O4S. The van der Waals surface area contributed by atoms with Crippen LogP contribution in [0.15, 0.2) is 65.7 Å². The van der Waals surface area contributed by atoms with Crippen LogP contribution in [0.5, 0.6) is 5.75 Å². The Kier molecular flexibility index (Phi) is 6.18. The molecule has 0 aliphatic rings. The fourth-order valence-electron chi connectivity index (χ4n) is 2.46. The van der Waals surface area contributed by atoms with Gasteiger partial charge in [0.25, 0.3) is 5.69 Å². The van der Waals surface area contributed by atoms with E-state index in [1.165, 1.54) is 23.9 Å². The summed E-state index contributed by atoms with van der Waals surface area (Å²) in [4.78, 5) is 22.6. The SMILES string of the molecule is COc1ccccc1-c1ccc(SCC(=O)Nc2ccccc2[N+](=O)[O-])nn1. The average molecular weight is 396 g/mol. The Morgan fingerprint density at radius 1 is 1.11 bits per heavy atom. The number of anilines is 1. The highest BCUT2D eigenvalue weighted by atomic mass is 32.2. The van der Waals surface area contributed by atoms with Gasteiger partial charge in [-0.2, -0.15) is 0 Å². The monoisotopic (exact) mass is 396 g/mol. The lowest BCUT2D eigenvalue weighted by atomic mass is 10.1. The van der Waals surface area contributed by atoms with E-state index in [9.17, 15) is 14.9 Å². The number of hydrogen-bond acceptors (Lipinski definition) is 7. The number of para-hydroxylation sites is 3.